The minimum atomic E-state index is -0.103. The molecule has 1 nitrogen and oxygen atoms in total. The summed E-state index contributed by atoms with van der Waals surface area (Å²) < 4.78 is 0. The topological polar surface area (TPSA) is 3.24 Å². The quantitative estimate of drug-likeness (QED) is 0.169. The highest BCUT2D eigenvalue weighted by Gasteiger charge is 2.84. The first-order valence-corrected chi connectivity index (χ1v) is 22.4. The largest absolute Gasteiger partial charge is 0.310 e. The number of nitrogens with zero attached hydrogens (tertiary/aromatic N) is 1. The van der Waals surface area contributed by atoms with Crippen LogP contribution in [0.1, 0.15) is 61.8 Å². The maximum absolute atomic E-state index is 2.60. The molecular weight excluding hydrogens is 723 g/mol. The van der Waals surface area contributed by atoms with Crippen LogP contribution >= 0.6 is 0 Å². The molecule has 6 unspecified atom stereocenters. The van der Waals surface area contributed by atoms with Gasteiger partial charge in [-0.25, -0.2) is 0 Å². The van der Waals surface area contributed by atoms with Gasteiger partial charge in [0, 0.05) is 27.9 Å². The predicted octanol–water partition coefficient (Wildman–Crippen LogP) is 15.3. The van der Waals surface area contributed by atoms with Crippen LogP contribution in [-0.4, -0.2) is 0 Å². The third-order valence-electron chi connectivity index (χ3n) is 17.1. The highest BCUT2D eigenvalue weighted by Crippen LogP contribution is 2.89. The lowest BCUT2D eigenvalue weighted by molar-refractivity contribution is -0.231. The molecule has 0 aromatic heterocycles. The van der Waals surface area contributed by atoms with Crippen LogP contribution in [-0.2, 0) is 10.8 Å². The Labute approximate surface area is 353 Å². The van der Waals surface area contributed by atoms with Gasteiger partial charge >= 0.3 is 0 Å². The van der Waals surface area contributed by atoms with E-state index < -0.39 is 0 Å². The molecule has 0 amide bonds. The molecule has 8 aromatic carbocycles. The molecule has 0 radical (unpaired) electrons. The second kappa shape index (κ2) is 11.5. The lowest BCUT2D eigenvalue weighted by atomic mass is 9.27. The lowest BCUT2D eigenvalue weighted by Gasteiger charge is -2.76. The molecule has 4 saturated carbocycles. The van der Waals surface area contributed by atoms with Gasteiger partial charge in [0.2, 0.25) is 0 Å². The number of anilines is 3. The number of hydrogen-bond donors (Lipinski definition) is 0. The average Bonchev–Trinajstić information content (AvgIpc) is 3.99. The van der Waals surface area contributed by atoms with Gasteiger partial charge in [0.05, 0.1) is 0 Å². The first-order chi connectivity index (χ1) is 29.5. The zero-order chi connectivity index (χ0) is 39.5. The van der Waals surface area contributed by atoms with E-state index in [9.17, 15) is 0 Å². The monoisotopic (exact) mass is 769 g/mol. The molecule has 6 aliphatic carbocycles. The van der Waals surface area contributed by atoms with Crippen LogP contribution in [0, 0.1) is 29.1 Å². The van der Waals surface area contributed by atoms with Gasteiger partial charge in [-0.2, -0.15) is 0 Å². The van der Waals surface area contributed by atoms with Crippen molar-refractivity contribution in [1.82, 2.24) is 0 Å². The van der Waals surface area contributed by atoms with Crippen molar-refractivity contribution in [1.29, 1.82) is 0 Å². The van der Waals surface area contributed by atoms with Crippen molar-refractivity contribution in [3.05, 3.63) is 198 Å². The summed E-state index contributed by atoms with van der Waals surface area (Å²) in [5, 5.41) is 2.55. The molecule has 6 atom stereocenters. The molecule has 4 fully saturated rings. The Hall–Kier alpha value is -6.18. The molecule has 0 saturated heterocycles. The van der Waals surface area contributed by atoms with Crippen molar-refractivity contribution in [3.63, 3.8) is 0 Å². The minimum Gasteiger partial charge on any atom is -0.310 e. The Morgan fingerprint density at radius 2 is 1.12 bits per heavy atom. The second-order valence-corrected chi connectivity index (χ2v) is 19.7. The molecule has 288 valence electrons. The van der Waals surface area contributed by atoms with Crippen molar-refractivity contribution in [2.45, 2.75) is 50.4 Å². The highest BCUT2D eigenvalue weighted by molar-refractivity contribution is 5.99. The van der Waals surface area contributed by atoms with Crippen LogP contribution in [0.3, 0.4) is 0 Å². The standard InChI is InChI=1S/C59H47N/c1-57(2)50-23-9-8-20-47(50)48-27-25-43(34-53(48)57)60(41-18-10-17-39(31-41)45-21-11-16-37-15-6-7-19-44(37)45)42-26-28-51-49(33-42)56-46(38-13-4-3-5-14-38)22-12-24-52(56)59(51)54-30-36-29-40-32-55(59)58(40,54)35-36/h3-28,31,33-34,36,40,54-55H,29-30,32,35H2,1-2H3. The Morgan fingerprint density at radius 1 is 0.450 bits per heavy atom. The van der Waals surface area contributed by atoms with Crippen molar-refractivity contribution in [2.75, 3.05) is 4.90 Å². The molecule has 0 N–H and O–H groups in total. The van der Waals surface area contributed by atoms with E-state index in [4.69, 9.17) is 0 Å². The lowest BCUT2D eigenvalue weighted by Crippen LogP contribution is -2.73. The molecule has 6 aliphatic rings. The van der Waals surface area contributed by atoms with Crippen molar-refractivity contribution in [2.24, 2.45) is 29.1 Å². The Balaban J connectivity index is 0.999. The molecule has 1 heteroatoms. The van der Waals surface area contributed by atoms with Crippen LogP contribution in [0.2, 0.25) is 0 Å². The molecule has 0 heterocycles. The number of hydrogen-bond acceptors (Lipinski definition) is 1. The van der Waals surface area contributed by atoms with E-state index in [1.54, 1.807) is 11.1 Å². The van der Waals surface area contributed by atoms with Crippen LogP contribution in [0.25, 0.3) is 55.3 Å². The zero-order valence-electron chi connectivity index (χ0n) is 34.3. The van der Waals surface area contributed by atoms with Crippen molar-refractivity contribution in [3.8, 4) is 44.5 Å². The summed E-state index contributed by atoms with van der Waals surface area (Å²) >= 11 is 0. The van der Waals surface area contributed by atoms with Crippen LogP contribution < -0.4 is 4.90 Å². The molecule has 8 aromatic rings. The Bertz CT molecular complexity index is 3130. The molecule has 60 heavy (non-hydrogen) atoms. The Morgan fingerprint density at radius 3 is 2.03 bits per heavy atom. The maximum Gasteiger partial charge on any atom is 0.0468 e. The van der Waals surface area contributed by atoms with Crippen LogP contribution in [0.4, 0.5) is 17.1 Å². The third kappa shape index (κ3) is 4.00. The average molecular weight is 770 g/mol. The fourth-order valence-electron chi connectivity index (χ4n) is 15.0. The van der Waals surface area contributed by atoms with E-state index in [1.807, 2.05) is 0 Å². The van der Waals surface area contributed by atoms with Crippen molar-refractivity contribution < 1.29 is 0 Å². The summed E-state index contributed by atoms with van der Waals surface area (Å²) in [6.45, 7) is 4.80. The van der Waals surface area contributed by atoms with Gasteiger partial charge in [-0.05, 0) is 169 Å². The number of benzene rings is 8. The van der Waals surface area contributed by atoms with Gasteiger partial charge in [0.1, 0.15) is 0 Å². The van der Waals surface area contributed by atoms with Gasteiger partial charge in [-0.3, -0.25) is 0 Å². The number of fused-ring (bicyclic) bond motifs is 12. The van der Waals surface area contributed by atoms with E-state index in [0.717, 1.165) is 23.7 Å². The van der Waals surface area contributed by atoms with Gasteiger partial charge in [-0.1, -0.05) is 153 Å². The summed E-state index contributed by atoms with van der Waals surface area (Å²) in [6.07, 6.45) is 5.78. The first kappa shape index (κ1) is 33.6. The molecular formula is C59H47N. The SMILES string of the molecule is CC1(C)c2ccccc2-c2ccc(N(c3cccc(-c4cccc5ccccc45)c3)c3ccc4c(c3)-c3c(-c5ccccc5)cccc3C43C4CC5CC6CC3C64C5)cc21. The second-order valence-electron chi connectivity index (χ2n) is 19.7. The summed E-state index contributed by atoms with van der Waals surface area (Å²) in [4.78, 5) is 2.56. The fraction of sp³-hybridized carbons (Fsp3) is 0.220. The molecule has 14 rings (SSSR count). The van der Waals surface area contributed by atoms with Crippen LogP contribution in [0.5, 0.6) is 0 Å². The van der Waals surface area contributed by atoms with E-state index in [2.05, 4.69) is 195 Å². The molecule has 2 bridgehead atoms. The van der Waals surface area contributed by atoms with Gasteiger partial charge < -0.3 is 4.90 Å². The van der Waals surface area contributed by atoms with Gasteiger partial charge in [-0.15, -0.1) is 0 Å². The summed E-state index contributed by atoms with van der Waals surface area (Å²) in [6, 6.07) is 67.3. The van der Waals surface area contributed by atoms with E-state index in [1.165, 1.54) is 109 Å². The van der Waals surface area contributed by atoms with Gasteiger partial charge in [0.25, 0.3) is 0 Å². The number of rotatable bonds is 5. The van der Waals surface area contributed by atoms with Gasteiger partial charge in [0.15, 0.2) is 0 Å². The zero-order valence-corrected chi connectivity index (χ0v) is 34.3. The van der Waals surface area contributed by atoms with Crippen molar-refractivity contribution >= 4 is 27.8 Å². The Kier molecular flexibility index (Phi) is 6.47. The predicted molar refractivity (Wildman–Crippen MR) is 248 cm³/mol. The minimum absolute atomic E-state index is 0.103. The highest BCUT2D eigenvalue weighted by atomic mass is 15.1. The van der Waals surface area contributed by atoms with Crippen LogP contribution in [0.15, 0.2) is 176 Å². The summed E-state index contributed by atoms with van der Waals surface area (Å²) in [5.41, 5.74) is 21.1. The first-order valence-electron chi connectivity index (χ1n) is 22.4. The normalized spacial score (nSPS) is 26.2. The smallest absolute Gasteiger partial charge is 0.0468 e. The third-order valence-corrected chi connectivity index (χ3v) is 17.1. The fourth-order valence-corrected chi connectivity index (χ4v) is 15.0. The maximum atomic E-state index is 2.60. The summed E-state index contributed by atoms with van der Waals surface area (Å²) in [5.74, 6) is 3.41. The van der Waals surface area contributed by atoms with E-state index in [0.29, 0.717) is 5.41 Å². The van der Waals surface area contributed by atoms with E-state index >= 15 is 0 Å². The van der Waals surface area contributed by atoms with E-state index in [-0.39, 0.29) is 10.8 Å². The molecule has 0 aliphatic heterocycles. The summed E-state index contributed by atoms with van der Waals surface area (Å²) in [7, 11) is 0. The molecule has 2 spiro atoms.